The van der Waals surface area contributed by atoms with Gasteiger partial charge in [-0.15, -0.1) is 0 Å². The number of aliphatic hydroxyl groups is 1. The standard InChI is InChI=1S/C23H27N5OS/c1-15-8-10-25-20(13-15)28-16(2)14-18(17(28)3)22-21(19-7-4-5-9-24-19)26-23(30)27(22)11-6-12-29/h4-5,7-10,13-14,21-22,29H,6,11-12H2,1-3H3,(H,26,30)/t21-,22+/m1/s1. The highest BCUT2D eigenvalue weighted by atomic mass is 32.1. The summed E-state index contributed by atoms with van der Waals surface area (Å²) in [6, 6.07) is 12.2. The van der Waals surface area contributed by atoms with Crippen LogP contribution in [0.15, 0.2) is 48.8 Å². The summed E-state index contributed by atoms with van der Waals surface area (Å²) < 4.78 is 2.20. The normalized spacial score (nSPS) is 18.7. The van der Waals surface area contributed by atoms with Gasteiger partial charge in [0.25, 0.3) is 0 Å². The predicted octanol–water partition coefficient (Wildman–Crippen LogP) is 3.55. The highest BCUT2D eigenvalue weighted by Gasteiger charge is 2.41. The van der Waals surface area contributed by atoms with Gasteiger partial charge < -0.3 is 19.9 Å². The predicted molar refractivity (Wildman–Crippen MR) is 122 cm³/mol. The number of rotatable bonds is 6. The molecule has 0 aliphatic carbocycles. The minimum absolute atomic E-state index is 0.0105. The minimum atomic E-state index is -0.0585. The maximum absolute atomic E-state index is 9.42. The van der Waals surface area contributed by atoms with Gasteiger partial charge >= 0.3 is 0 Å². The Morgan fingerprint density at radius 1 is 1.10 bits per heavy atom. The number of pyridine rings is 2. The van der Waals surface area contributed by atoms with Gasteiger partial charge in [0.05, 0.1) is 17.8 Å². The lowest BCUT2D eigenvalue weighted by Crippen LogP contribution is -2.31. The zero-order valence-electron chi connectivity index (χ0n) is 17.5. The van der Waals surface area contributed by atoms with E-state index < -0.39 is 0 Å². The summed E-state index contributed by atoms with van der Waals surface area (Å²) >= 11 is 5.69. The fourth-order valence-corrected chi connectivity index (χ4v) is 4.64. The molecule has 1 fully saturated rings. The largest absolute Gasteiger partial charge is 0.396 e. The van der Waals surface area contributed by atoms with Crippen LogP contribution in [0.1, 0.15) is 46.7 Å². The topological polar surface area (TPSA) is 66.2 Å². The molecule has 2 atom stereocenters. The second-order valence-electron chi connectivity index (χ2n) is 7.75. The lowest BCUT2D eigenvalue weighted by Gasteiger charge is -2.28. The van der Waals surface area contributed by atoms with Gasteiger partial charge in [-0.2, -0.15) is 0 Å². The van der Waals surface area contributed by atoms with Crippen LogP contribution in [0.2, 0.25) is 0 Å². The van der Waals surface area contributed by atoms with Crippen molar-refractivity contribution in [2.45, 2.75) is 39.3 Å². The Hall–Kier alpha value is -2.77. The molecule has 1 aliphatic heterocycles. The average molecular weight is 422 g/mol. The molecule has 6 nitrogen and oxygen atoms in total. The van der Waals surface area contributed by atoms with Gasteiger partial charge in [0, 0.05) is 36.9 Å². The number of aromatic nitrogens is 3. The number of nitrogens with zero attached hydrogens (tertiary/aromatic N) is 4. The van der Waals surface area contributed by atoms with Crippen molar-refractivity contribution in [2.24, 2.45) is 0 Å². The second kappa shape index (κ2) is 8.53. The molecule has 4 heterocycles. The molecule has 0 bridgehead atoms. The number of hydrogen-bond donors (Lipinski definition) is 2. The fraction of sp³-hybridized carbons (Fsp3) is 0.348. The Balaban J connectivity index is 1.82. The molecule has 0 amide bonds. The summed E-state index contributed by atoms with van der Waals surface area (Å²) in [5, 5.41) is 13.6. The third-order valence-corrected chi connectivity index (χ3v) is 6.03. The Morgan fingerprint density at radius 3 is 2.63 bits per heavy atom. The van der Waals surface area contributed by atoms with E-state index in [4.69, 9.17) is 12.2 Å². The first kappa shape index (κ1) is 20.5. The first-order chi connectivity index (χ1) is 14.5. The van der Waals surface area contributed by atoms with E-state index in [1.54, 1.807) is 0 Å². The molecule has 1 aliphatic rings. The molecule has 0 spiro atoms. The Labute approximate surface area is 182 Å². The molecule has 0 radical (unpaired) electrons. The van der Waals surface area contributed by atoms with Crippen LogP contribution >= 0.6 is 12.2 Å². The van der Waals surface area contributed by atoms with Gasteiger partial charge in [-0.25, -0.2) is 4.98 Å². The Bertz CT molecular complexity index is 1050. The van der Waals surface area contributed by atoms with Crippen molar-refractivity contribution in [3.05, 3.63) is 77.0 Å². The highest BCUT2D eigenvalue weighted by Crippen LogP contribution is 2.41. The maximum atomic E-state index is 9.42. The van der Waals surface area contributed by atoms with E-state index >= 15 is 0 Å². The van der Waals surface area contributed by atoms with E-state index in [2.05, 4.69) is 57.7 Å². The molecule has 0 saturated carbocycles. The van der Waals surface area contributed by atoms with Crippen LogP contribution in [0.3, 0.4) is 0 Å². The molecular formula is C23H27N5OS. The molecule has 4 rings (SSSR count). The Morgan fingerprint density at radius 2 is 1.93 bits per heavy atom. The molecule has 156 valence electrons. The third kappa shape index (κ3) is 3.70. The van der Waals surface area contributed by atoms with Gasteiger partial charge in [-0.3, -0.25) is 4.98 Å². The quantitative estimate of drug-likeness (QED) is 0.594. The lowest BCUT2D eigenvalue weighted by molar-refractivity contribution is 0.247. The number of aryl methyl sites for hydroxylation is 2. The van der Waals surface area contributed by atoms with Crippen molar-refractivity contribution < 1.29 is 5.11 Å². The summed E-state index contributed by atoms with van der Waals surface area (Å²) in [4.78, 5) is 11.4. The van der Waals surface area contributed by atoms with Gasteiger partial charge in [0.1, 0.15) is 5.82 Å². The average Bonchev–Trinajstić information content (AvgIpc) is 3.22. The van der Waals surface area contributed by atoms with Crippen molar-refractivity contribution >= 4 is 17.3 Å². The molecule has 7 heteroatoms. The number of nitrogens with one attached hydrogen (secondary N) is 1. The van der Waals surface area contributed by atoms with Gasteiger partial charge in [-0.05, 0) is 80.9 Å². The summed E-state index contributed by atoms with van der Waals surface area (Å²) in [5.41, 5.74) is 5.58. The number of hydrogen-bond acceptors (Lipinski definition) is 4. The van der Waals surface area contributed by atoms with Crippen LogP contribution < -0.4 is 5.32 Å². The van der Waals surface area contributed by atoms with E-state index in [0.717, 1.165) is 22.9 Å². The van der Waals surface area contributed by atoms with Crippen LogP contribution in [0, 0.1) is 20.8 Å². The van der Waals surface area contributed by atoms with Gasteiger partial charge in [0.2, 0.25) is 0 Å². The van der Waals surface area contributed by atoms with E-state index in [1.807, 2.05) is 36.7 Å². The number of thiocarbonyl (C=S) groups is 1. The number of aliphatic hydroxyl groups excluding tert-OH is 1. The molecular weight excluding hydrogens is 394 g/mol. The molecule has 3 aromatic rings. The second-order valence-corrected chi connectivity index (χ2v) is 8.14. The van der Waals surface area contributed by atoms with Crippen molar-refractivity contribution in [3.63, 3.8) is 0 Å². The molecule has 2 N–H and O–H groups in total. The van der Waals surface area contributed by atoms with E-state index in [1.165, 1.54) is 11.1 Å². The van der Waals surface area contributed by atoms with Crippen molar-refractivity contribution in [1.82, 2.24) is 24.8 Å². The molecule has 3 aromatic heterocycles. The van der Waals surface area contributed by atoms with E-state index in [9.17, 15) is 5.11 Å². The smallest absolute Gasteiger partial charge is 0.170 e. The summed E-state index contributed by atoms with van der Waals surface area (Å²) in [6.45, 7) is 7.13. The van der Waals surface area contributed by atoms with Crippen molar-refractivity contribution in [3.8, 4) is 5.82 Å². The van der Waals surface area contributed by atoms with E-state index in [-0.39, 0.29) is 18.7 Å². The lowest BCUT2D eigenvalue weighted by atomic mass is 9.96. The summed E-state index contributed by atoms with van der Waals surface area (Å²) in [7, 11) is 0. The van der Waals surface area contributed by atoms with Crippen LogP contribution in [0.4, 0.5) is 0 Å². The van der Waals surface area contributed by atoms with E-state index in [0.29, 0.717) is 18.1 Å². The van der Waals surface area contributed by atoms with Crippen LogP contribution in [0.25, 0.3) is 5.82 Å². The molecule has 0 unspecified atom stereocenters. The molecule has 1 saturated heterocycles. The molecule has 0 aromatic carbocycles. The minimum Gasteiger partial charge on any atom is -0.396 e. The van der Waals surface area contributed by atoms with Crippen molar-refractivity contribution in [1.29, 1.82) is 0 Å². The zero-order valence-corrected chi connectivity index (χ0v) is 18.4. The highest BCUT2D eigenvalue weighted by molar-refractivity contribution is 7.80. The Kier molecular flexibility index (Phi) is 5.83. The van der Waals surface area contributed by atoms with Crippen LogP contribution in [-0.4, -0.2) is 42.8 Å². The first-order valence-electron chi connectivity index (χ1n) is 10.2. The summed E-state index contributed by atoms with van der Waals surface area (Å²) in [6.07, 6.45) is 4.32. The maximum Gasteiger partial charge on any atom is 0.170 e. The summed E-state index contributed by atoms with van der Waals surface area (Å²) in [5.74, 6) is 0.918. The van der Waals surface area contributed by atoms with Crippen LogP contribution in [-0.2, 0) is 0 Å². The monoisotopic (exact) mass is 421 g/mol. The van der Waals surface area contributed by atoms with Crippen molar-refractivity contribution in [2.75, 3.05) is 13.2 Å². The van der Waals surface area contributed by atoms with Gasteiger partial charge in [-0.1, -0.05) is 6.07 Å². The van der Waals surface area contributed by atoms with Gasteiger partial charge in [0.15, 0.2) is 5.11 Å². The molecule has 30 heavy (non-hydrogen) atoms. The zero-order chi connectivity index (χ0) is 21.3. The fourth-order valence-electron chi connectivity index (χ4n) is 4.31. The van der Waals surface area contributed by atoms with Crippen LogP contribution in [0.5, 0.6) is 0 Å². The first-order valence-corrected chi connectivity index (χ1v) is 10.6. The SMILES string of the molecule is Cc1ccnc(-n2c(C)cc([C@H]3[C@@H](c4ccccn4)NC(=S)N3CCCO)c2C)c1. The third-order valence-electron chi connectivity index (χ3n) is 5.67.